The Morgan fingerprint density at radius 1 is 1.28 bits per heavy atom. The molecule has 3 N–H and O–H groups in total. The molecule has 11 heteroatoms. The van der Waals surface area contributed by atoms with Crippen LogP contribution < -0.4 is 20.1 Å². The quantitative estimate of drug-likeness (QED) is 0.364. The summed E-state index contributed by atoms with van der Waals surface area (Å²) in [6.45, 7) is 0.947. The van der Waals surface area contributed by atoms with Crippen molar-refractivity contribution in [1.29, 1.82) is 0 Å². The second-order valence-electron chi connectivity index (χ2n) is 8.71. The van der Waals surface area contributed by atoms with Crippen molar-refractivity contribution in [3.05, 3.63) is 65.9 Å². The number of nitrogens with one attached hydrogen (secondary N) is 3. The summed E-state index contributed by atoms with van der Waals surface area (Å²) in [5, 5.41) is 14.3. The minimum Gasteiger partial charge on any atom is -0.492 e. The molecule has 5 heterocycles. The topological polar surface area (TPSA) is 119 Å². The van der Waals surface area contributed by atoms with E-state index in [9.17, 15) is 9.18 Å². The number of aromatic amines is 1. The van der Waals surface area contributed by atoms with Gasteiger partial charge >= 0.3 is 0 Å². The third kappa shape index (κ3) is 3.72. The monoisotopic (exact) mass is 489 g/mol. The summed E-state index contributed by atoms with van der Waals surface area (Å²) in [5.41, 5.74) is 3.57. The maximum Gasteiger partial charge on any atom is 0.255 e. The number of carbonyl (C=O) groups is 1. The molecule has 1 aromatic carbocycles. The van der Waals surface area contributed by atoms with Crippen LogP contribution in [0.1, 0.15) is 34.3 Å². The molecule has 0 fully saturated rings. The highest BCUT2D eigenvalue weighted by molar-refractivity contribution is 6.06. The number of nitrogens with zero attached hydrogens (tertiary/aromatic N) is 4. The van der Waals surface area contributed by atoms with Gasteiger partial charge in [-0.2, -0.15) is 0 Å². The van der Waals surface area contributed by atoms with Gasteiger partial charge < -0.3 is 29.7 Å². The van der Waals surface area contributed by atoms with Crippen molar-refractivity contribution in [3.63, 3.8) is 0 Å². The fraction of sp³-hybridized carbons (Fsp3) is 0.280. The maximum absolute atomic E-state index is 14.4. The number of hydrogen-bond donors (Lipinski definition) is 3. The van der Waals surface area contributed by atoms with E-state index >= 15 is 0 Å². The van der Waals surface area contributed by atoms with E-state index in [2.05, 4.69) is 30.8 Å². The van der Waals surface area contributed by atoms with E-state index in [1.807, 2.05) is 10.6 Å². The van der Waals surface area contributed by atoms with Crippen LogP contribution in [0.2, 0.25) is 0 Å². The summed E-state index contributed by atoms with van der Waals surface area (Å²) in [4.78, 5) is 20.6. The van der Waals surface area contributed by atoms with Crippen LogP contribution in [0.3, 0.4) is 0 Å². The molecule has 1 unspecified atom stereocenters. The van der Waals surface area contributed by atoms with Crippen molar-refractivity contribution in [3.8, 4) is 22.8 Å². The molecule has 1 atom stereocenters. The number of fused-ring (bicyclic) bond motifs is 2. The molecule has 36 heavy (non-hydrogen) atoms. The normalized spacial score (nSPS) is 16.3. The number of pyridine rings is 1. The number of aromatic nitrogens is 5. The van der Waals surface area contributed by atoms with Crippen LogP contribution in [0.15, 0.2) is 43.0 Å². The molecule has 0 saturated carbocycles. The summed E-state index contributed by atoms with van der Waals surface area (Å²) < 4.78 is 28.0. The molecule has 0 spiro atoms. The minimum absolute atomic E-state index is 0.0619. The van der Waals surface area contributed by atoms with Crippen molar-refractivity contribution in [2.75, 3.05) is 25.6 Å². The van der Waals surface area contributed by atoms with Crippen molar-refractivity contribution in [2.24, 2.45) is 0 Å². The standard InChI is InChI=1S/C25H24FN7O3/c1-35-24-16(26)3-2-4-18(24)31-23-21-17(8-10-28-25(21)34)30-22(23)15-7-9-27-11-19(15)36-12-14-5-6-20-32-29-13-33(14)20/h2-4,7,9,11,13-14,30-31H,5-6,8,10,12H2,1H3,(H,28,34). The highest BCUT2D eigenvalue weighted by Gasteiger charge is 2.29. The Morgan fingerprint density at radius 3 is 3.08 bits per heavy atom. The number of rotatable bonds is 7. The lowest BCUT2D eigenvalue weighted by atomic mass is 10.0. The molecule has 1 amide bonds. The lowest BCUT2D eigenvalue weighted by Gasteiger charge is -2.18. The van der Waals surface area contributed by atoms with E-state index in [0.29, 0.717) is 48.0 Å². The van der Waals surface area contributed by atoms with Gasteiger partial charge in [0.25, 0.3) is 5.91 Å². The van der Waals surface area contributed by atoms with Crippen molar-refractivity contribution in [2.45, 2.75) is 25.3 Å². The molecule has 6 rings (SSSR count). The van der Waals surface area contributed by atoms with Gasteiger partial charge in [0, 0.05) is 36.8 Å². The first-order valence-corrected chi connectivity index (χ1v) is 11.7. The molecule has 2 aliphatic heterocycles. The Hall–Kier alpha value is -4.41. The molecule has 0 bridgehead atoms. The van der Waals surface area contributed by atoms with Gasteiger partial charge in [0.1, 0.15) is 24.5 Å². The van der Waals surface area contributed by atoms with Gasteiger partial charge in [0.2, 0.25) is 0 Å². The van der Waals surface area contributed by atoms with E-state index in [1.54, 1.807) is 30.9 Å². The van der Waals surface area contributed by atoms with Gasteiger partial charge in [0.05, 0.1) is 42.0 Å². The second kappa shape index (κ2) is 8.99. The highest BCUT2D eigenvalue weighted by Crippen LogP contribution is 2.42. The number of carbonyl (C=O) groups excluding carboxylic acids is 1. The van der Waals surface area contributed by atoms with E-state index in [-0.39, 0.29) is 17.7 Å². The zero-order valence-electron chi connectivity index (χ0n) is 19.5. The van der Waals surface area contributed by atoms with Gasteiger partial charge in [0.15, 0.2) is 11.6 Å². The third-order valence-corrected chi connectivity index (χ3v) is 6.62. The number of aryl methyl sites for hydroxylation is 1. The molecule has 0 radical (unpaired) electrons. The van der Waals surface area contributed by atoms with E-state index in [1.165, 1.54) is 13.2 Å². The molecule has 184 valence electrons. The SMILES string of the molecule is COc1c(F)cccc1Nc1c(-c2ccncc2OCC2CCc3nncn32)[nH]c2c1C(=O)NCC2. The lowest BCUT2D eigenvalue weighted by molar-refractivity contribution is 0.0947. The summed E-state index contributed by atoms with van der Waals surface area (Å²) in [5.74, 6) is 0.864. The maximum atomic E-state index is 14.4. The van der Waals surface area contributed by atoms with Gasteiger partial charge in [-0.05, 0) is 24.6 Å². The number of halogens is 1. The summed E-state index contributed by atoms with van der Waals surface area (Å²) in [6, 6.07) is 6.56. The Balaban J connectivity index is 1.39. The van der Waals surface area contributed by atoms with E-state index < -0.39 is 5.82 Å². The van der Waals surface area contributed by atoms with Gasteiger partial charge in [-0.15, -0.1) is 10.2 Å². The Morgan fingerprint density at radius 2 is 2.19 bits per heavy atom. The molecule has 3 aromatic heterocycles. The van der Waals surface area contributed by atoms with Crippen LogP contribution in [-0.4, -0.2) is 50.9 Å². The van der Waals surface area contributed by atoms with Crippen LogP contribution in [0, 0.1) is 5.82 Å². The number of benzene rings is 1. The fourth-order valence-electron chi connectivity index (χ4n) is 4.89. The van der Waals surface area contributed by atoms with Gasteiger partial charge in [-0.25, -0.2) is 4.39 Å². The fourth-order valence-corrected chi connectivity index (χ4v) is 4.89. The second-order valence-corrected chi connectivity index (χ2v) is 8.71. The Kier molecular flexibility index (Phi) is 5.51. The molecule has 2 aliphatic rings. The van der Waals surface area contributed by atoms with Crippen LogP contribution in [0.5, 0.6) is 11.5 Å². The van der Waals surface area contributed by atoms with Crippen LogP contribution >= 0.6 is 0 Å². The largest absolute Gasteiger partial charge is 0.492 e. The number of methoxy groups -OCH3 is 1. The Labute approximate surface area is 205 Å². The summed E-state index contributed by atoms with van der Waals surface area (Å²) >= 11 is 0. The summed E-state index contributed by atoms with van der Waals surface area (Å²) in [7, 11) is 1.41. The lowest BCUT2D eigenvalue weighted by Crippen LogP contribution is -2.31. The third-order valence-electron chi connectivity index (χ3n) is 6.62. The first-order chi connectivity index (χ1) is 17.6. The van der Waals surface area contributed by atoms with Gasteiger partial charge in [-0.3, -0.25) is 9.78 Å². The van der Waals surface area contributed by atoms with Gasteiger partial charge in [-0.1, -0.05) is 6.07 Å². The predicted octanol–water partition coefficient (Wildman–Crippen LogP) is 3.41. The molecule has 0 aliphatic carbocycles. The van der Waals surface area contributed by atoms with Crippen molar-refractivity contribution < 1.29 is 18.7 Å². The average molecular weight is 490 g/mol. The van der Waals surface area contributed by atoms with Crippen molar-refractivity contribution >= 4 is 17.3 Å². The average Bonchev–Trinajstić information content (AvgIpc) is 3.59. The number of anilines is 2. The smallest absolute Gasteiger partial charge is 0.255 e. The van der Waals surface area contributed by atoms with E-state index in [0.717, 1.165) is 29.9 Å². The number of para-hydroxylation sites is 1. The predicted molar refractivity (Wildman–Crippen MR) is 129 cm³/mol. The minimum atomic E-state index is -0.504. The zero-order valence-corrected chi connectivity index (χ0v) is 19.5. The van der Waals surface area contributed by atoms with Crippen LogP contribution in [0.4, 0.5) is 15.8 Å². The number of amides is 1. The van der Waals surface area contributed by atoms with Crippen LogP contribution in [0.25, 0.3) is 11.3 Å². The first-order valence-electron chi connectivity index (χ1n) is 11.7. The number of hydrogen-bond acceptors (Lipinski definition) is 7. The molecular weight excluding hydrogens is 465 g/mol. The molecular formula is C25H24FN7O3. The molecule has 10 nitrogen and oxygen atoms in total. The first kappa shape index (κ1) is 22.1. The molecule has 0 saturated heterocycles. The van der Waals surface area contributed by atoms with Crippen molar-refractivity contribution in [1.82, 2.24) is 30.0 Å². The number of H-pyrrole nitrogens is 1. The van der Waals surface area contributed by atoms with E-state index in [4.69, 9.17) is 9.47 Å². The molecule has 4 aromatic rings. The summed E-state index contributed by atoms with van der Waals surface area (Å²) in [6.07, 6.45) is 7.47. The zero-order chi connectivity index (χ0) is 24.6. The highest BCUT2D eigenvalue weighted by atomic mass is 19.1. The van der Waals surface area contributed by atoms with Crippen LogP contribution in [-0.2, 0) is 12.8 Å². The Bertz CT molecular complexity index is 1450. The number of ether oxygens (including phenoxy) is 2.